The van der Waals surface area contributed by atoms with Gasteiger partial charge in [-0.15, -0.1) is 0 Å². The molecule has 19 heavy (non-hydrogen) atoms. The van der Waals surface area contributed by atoms with E-state index in [1.54, 1.807) is 23.1 Å². The van der Waals surface area contributed by atoms with Crippen LogP contribution in [0, 0.1) is 0 Å². The van der Waals surface area contributed by atoms with Gasteiger partial charge in [0.15, 0.2) is 5.78 Å². The number of Topliss-reactive ketones (excluding diaryl/α,β-unsaturated/α-hetero) is 1. The maximum absolute atomic E-state index is 12.3. The van der Waals surface area contributed by atoms with Crippen LogP contribution in [0.25, 0.3) is 0 Å². The first-order valence-corrected chi connectivity index (χ1v) is 6.76. The minimum Gasteiger partial charge on any atom is -0.493 e. The molecule has 0 aliphatic carbocycles. The highest BCUT2D eigenvalue weighted by Crippen LogP contribution is 2.25. The summed E-state index contributed by atoms with van der Waals surface area (Å²) < 4.78 is 5.52. The van der Waals surface area contributed by atoms with E-state index >= 15 is 0 Å². The van der Waals surface area contributed by atoms with E-state index in [0.717, 1.165) is 6.42 Å². The van der Waals surface area contributed by atoms with Crippen LogP contribution in [0.2, 0.25) is 0 Å². The van der Waals surface area contributed by atoms with Gasteiger partial charge >= 0.3 is 0 Å². The number of hydrogen-bond donors (Lipinski definition) is 0. The Balaban J connectivity index is 2.34. The maximum atomic E-state index is 12.3. The first kappa shape index (κ1) is 13.6. The van der Waals surface area contributed by atoms with Crippen molar-refractivity contribution >= 4 is 11.7 Å². The highest BCUT2D eigenvalue weighted by molar-refractivity contribution is 6.02. The molecular formula is C15H19NO3. The van der Waals surface area contributed by atoms with E-state index < -0.39 is 0 Å². The Morgan fingerprint density at radius 3 is 2.74 bits per heavy atom. The van der Waals surface area contributed by atoms with Gasteiger partial charge in [-0.2, -0.15) is 0 Å². The van der Waals surface area contributed by atoms with Gasteiger partial charge in [0.1, 0.15) is 5.75 Å². The van der Waals surface area contributed by atoms with Crippen molar-refractivity contribution in [2.24, 2.45) is 0 Å². The summed E-state index contributed by atoms with van der Waals surface area (Å²) >= 11 is 0. The number of hydrogen-bond acceptors (Lipinski definition) is 3. The van der Waals surface area contributed by atoms with E-state index in [1.807, 2.05) is 13.8 Å². The van der Waals surface area contributed by atoms with E-state index in [4.69, 9.17) is 4.74 Å². The first-order valence-electron chi connectivity index (χ1n) is 6.76. The molecule has 0 unspecified atom stereocenters. The van der Waals surface area contributed by atoms with Crippen molar-refractivity contribution in [3.05, 3.63) is 29.3 Å². The molecule has 0 spiro atoms. The maximum Gasteiger partial charge on any atom is 0.253 e. The van der Waals surface area contributed by atoms with Crippen LogP contribution in [0.3, 0.4) is 0 Å². The van der Waals surface area contributed by atoms with E-state index in [1.165, 1.54) is 0 Å². The van der Waals surface area contributed by atoms with Crippen LogP contribution < -0.4 is 4.74 Å². The zero-order valence-electron chi connectivity index (χ0n) is 11.4. The summed E-state index contributed by atoms with van der Waals surface area (Å²) in [5.74, 6) is 0.616. The Bertz CT molecular complexity index is 492. The second-order valence-electron chi connectivity index (χ2n) is 4.56. The molecular weight excluding hydrogens is 242 g/mol. The molecule has 2 rings (SSSR count). The predicted molar refractivity (Wildman–Crippen MR) is 72.8 cm³/mol. The number of ether oxygens (including phenoxy) is 1. The number of benzene rings is 1. The number of fused-ring (bicyclic) bond motifs is 1. The zero-order chi connectivity index (χ0) is 13.8. The Labute approximate surface area is 113 Å². The Kier molecular flexibility index (Phi) is 4.20. The van der Waals surface area contributed by atoms with Crippen molar-refractivity contribution in [1.82, 2.24) is 4.90 Å². The highest BCUT2D eigenvalue weighted by Gasteiger charge is 2.20. The van der Waals surface area contributed by atoms with E-state index in [0.29, 0.717) is 43.0 Å². The normalized spacial score (nSPS) is 14.3. The standard InChI is InChI=1S/C15H19NO3/c1-3-16(4-2)15(18)11-7-8-14-12(10-11)13(17)6-5-9-19-14/h7-8,10H,3-6,9H2,1-2H3. The monoisotopic (exact) mass is 261 g/mol. The summed E-state index contributed by atoms with van der Waals surface area (Å²) in [6, 6.07) is 5.14. The fourth-order valence-electron chi connectivity index (χ4n) is 2.25. The largest absolute Gasteiger partial charge is 0.493 e. The zero-order valence-corrected chi connectivity index (χ0v) is 11.4. The van der Waals surface area contributed by atoms with Crippen molar-refractivity contribution in [3.8, 4) is 5.75 Å². The Morgan fingerprint density at radius 1 is 1.32 bits per heavy atom. The average molecular weight is 261 g/mol. The van der Waals surface area contributed by atoms with Crippen molar-refractivity contribution in [2.45, 2.75) is 26.7 Å². The van der Waals surface area contributed by atoms with Crippen molar-refractivity contribution < 1.29 is 14.3 Å². The Hall–Kier alpha value is -1.84. The lowest BCUT2D eigenvalue weighted by molar-refractivity contribution is 0.0773. The van der Waals surface area contributed by atoms with Crippen molar-refractivity contribution in [3.63, 3.8) is 0 Å². The molecule has 0 saturated carbocycles. The molecule has 1 aliphatic heterocycles. The summed E-state index contributed by atoms with van der Waals surface area (Å²) in [5, 5.41) is 0. The number of carbonyl (C=O) groups is 2. The van der Waals surface area contributed by atoms with Crippen LogP contribution in [-0.2, 0) is 0 Å². The minimum atomic E-state index is -0.0372. The third-order valence-corrected chi connectivity index (χ3v) is 3.38. The number of nitrogens with zero attached hydrogens (tertiary/aromatic N) is 1. The number of rotatable bonds is 3. The lowest BCUT2D eigenvalue weighted by Crippen LogP contribution is -2.30. The van der Waals surface area contributed by atoms with Crippen LogP contribution in [-0.4, -0.2) is 36.3 Å². The third kappa shape index (κ3) is 2.78. The molecule has 1 heterocycles. The molecule has 1 aromatic rings. The molecule has 102 valence electrons. The summed E-state index contributed by atoms with van der Waals surface area (Å²) in [7, 11) is 0. The van der Waals surface area contributed by atoms with Gasteiger partial charge in [-0.1, -0.05) is 0 Å². The minimum absolute atomic E-state index is 0.0372. The van der Waals surface area contributed by atoms with Crippen LogP contribution in [0.5, 0.6) is 5.75 Å². The second kappa shape index (κ2) is 5.87. The molecule has 0 aromatic heterocycles. The number of ketones is 1. The van der Waals surface area contributed by atoms with Gasteiger partial charge in [-0.05, 0) is 38.5 Å². The molecule has 0 bridgehead atoms. The highest BCUT2D eigenvalue weighted by atomic mass is 16.5. The fraction of sp³-hybridized carbons (Fsp3) is 0.467. The molecule has 0 fully saturated rings. The summed E-state index contributed by atoms with van der Waals surface area (Å²) in [6.45, 7) is 5.77. The molecule has 1 aromatic carbocycles. The van der Waals surface area contributed by atoms with Crippen LogP contribution in [0.1, 0.15) is 47.4 Å². The lowest BCUT2D eigenvalue weighted by atomic mass is 10.0. The average Bonchev–Trinajstić information content (AvgIpc) is 2.62. The van der Waals surface area contributed by atoms with Crippen LogP contribution >= 0.6 is 0 Å². The predicted octanol–water partition coefficient (Wildman–Crippen LogP) is 2.52. The summed E-state index contributed by atoms with van der Waals surface area (Å²) in [5.41, 5.74) is 1.09. The van der Waals surface area contributed by atoms with E-state index in [-0.39, 0.29) is 11.7 Å². The summed E-state index contributed by atoms with van der Waals surface area (Å²) in [4.78, 5) is 26.0. The molecule has 4 nitrogen and oxygen atoms in total. The van der Waals surface area contributed by atoms with Gasteiger partial charge in [0.2, 0.25) is 0 Å². The van der Waals surface area contributed by atoms with Crippen molar-refractivity contribution in [2.75, 3.05) is 19.7 Å². The Morgan fingerprint density at radius 2 is 2.05 bits per heavy atom. The SMILES string of the molecule is CCN(CC)C(=O)c1ccc2c(c1)C(=O)CCCO2. The number of carbonyl (C=O) groups excluding carboxylic acids is 2. The molecule has 0 radical (unpaired) electrons. The molecule has 4 heteroatoms. The van der Waals surface area contributed by atoms with E-state index in [9.17, 15) is 9.59 Å². The molecule has 0 N–H and O–H groups in total. The quantitative estimate of drug-likeness (QED) is 0.840. The van der Waals surface area contributed by atoms with Gasteiger partial charge in [0.05, 0.1) is 12.2 Å². The van der Waals surface area contributed by atoms with Gasteiger partial charge in [-0.3, -0.25) is 9.59 Å². The van der Waals surface area contributed by atoms with E-state index in [2.05, 4.69) is 0 Å². The van der Waals surface area contributed by atoms with Gasteiger partial charge in [-0.25, -0.2) is 0 Å². The van der Waals surface area contributed by atoms with Crippen LogP contribution in [0.4, 0.5) is 0 Å². The van der Waals surface area contributed by atoms with Crippen LogP contribution in [0.15, 0.2) is 18.2 Å². The number of amides is 1. The topological polar surface area (TPSA) is 46.6 Å². The van der Waals surface area contributed by atoms with Crippen molar-refractivity contribution in [1.29, 1.82) is 0 Å². The smallest absolute Gasteiger partial charge is 0.253 e. The second-order valence-corrected chi connectivity index (χ2v) is 4.56. The lowest BCUT2D eigenvalue weighted by Gasteiger charge is -2.19. The fourth-order valence-corrected chi connectivity index (χ4v) is 2.25. The first-order chi connectivity index (χ1) is 9.17. The van der Waals surface area contributed by atoms with Gasteiger partial charge < -0.3 is 9.64 Å². The summed E-state index contributed by atoms with van der Waals surface area (Å²) in [6.07, 6.45) is 1.21. The third-order valence-electron chi connectivity index (χ3n) is 3.38. The molecule has 0 atom stereocenters. The van der Waals surface area contributed by atoms with Gasteiger partial charge in [0, 0.05) is 25.1 Å². The molecule has 1 amide bonds. The van der Waals surface area contributed by atoms with Gasteiger partial charge in [0.25, 0.3) is 5.91 Å². The molecule has 0 saturated heterocycles. The molecule has 1 aliphatic rings.